The quantitative estimate of drug-likeness (QED) is 0.889. The monoisotopic (exact) mass is 265 g/mol. The van der Waals surface area contributed by atoms with Crippen LogP contribution in [0, 0.1) is 0 Å². The molecule has 1 heterocycles. The minimum absolute atomic E-state index is 0.0452. The molecule has 2 N–H and O–H groups in total. The molecule has 0 radical (unpaired) electrons. The van der Waals surface area contributed by atoms with Gasteiger partial charge in [-0.15, -0.1) is 0 Å². The van der Waals surface area contributed by atoms with Gasteiger partial charge in [-0.1, -0.05) is 39.5 Å². The molecule has 0 spiro atoms. The summed E-state index contributed by atoms with van der Waals surface area (Å²) in [5, 5.41) is 0. The maximum absolute atomic E-state index is 12.5. The zero-order chi connectivity index (χ0) is 13.8. The van der Waals surface area contributed by atoms with Crippen molar-refractivity contribution >= 4 is 5.69 Å². The molecular weight excluding hydrogens is 238 g/mol. The third-order valence-electron chi connectivity index (χ3n) is 4.16. The lowest BCUT2D eigenvalue weighted by molar-refractivity contribution is 0.277. The third kappa shape index (κ3) is 2.72. The highest BCUT2D eigenvalue weighted by Gasteiger charge is 2.24. The van der Waals surface area contributed by atoms with E-state index in [0.29, 0.717) is 11.7 Å². The van der Waals surface area contributed by atoms with Gasteiger partial charge in [-0.25, -0.2) is 4.68 Å². The lowest BCUT2D eigenvalue weighted by Crippen LogP contribution is -2.30. The summed E-state index contributed by atoms with van der Waals surface area (Å²) >= 11 is 0. The first-order valence-electron chi connectivity index (χ1n) is 7.80. The molecule has 1 aromatic heterocycles. The highest BCUT2D eigenvalue weighted by molar-refractivity contribution is 5.42. The molecule has 0 unspecified atom stereocenters. The smallest absolute Gasteiger partial charge is 0.290 e. The summed E-state index contributed by atoms with van der Waals surface area (Å²) < 4.78 is 4.15. The second kappa shape index (κ2) is 6.31. The van der Waals surface area contributed by atoms with Crippen molar-refractivity contribution in [1.82, 2.24) is 9.36 Å². The number of hydrogen-bond donors (Lipinski definition) is 1. The summed E-state index contributed by atoms with van der Waals surface area (Å²) in [5.41, 5.74) is 7.66. The van der Waals surface area contributed by atoms with Crippen molar-refractivity contribution in [1.29, 1.82) is 0 Å². The van der Waals surface area contributed by atoms with E-state index in [1.807, 2.05) is 4.68 Å². The van der Waals surface area contributed by atoms with Gasteiger partial charge >= 0.3 is 0 Å². The van der Waals surface area contributed by atoms with Gasteiger partial charge < -0.3 is 5.73 Å². The van der Waals surface area contributed by atoms with Crippen molar-refractivity contribution in [2.45, 2.75) is 77.8 Å². The number of rotatable bonds is 5. The number of hydrogen-bond acceptors (Lipinski definition) is 2. The third-order valence-corrected chi connectivity index (χ3v) is 4.16. The Bertz CT molecular complexity index is 466. The lowest BCUT2D eigenvalue weighted by Gasteiger charge is -2.26. The van der Waals surface area contributed by atoms with Crippen molar-refractivity contribution in [3.8, 4) is 0 Å². The second-order valence-electron chi connectivity index (χ2n) is 5.68. The largest absolute Gasteiger partial charge is 0.393 e. The van der Waals surface area contributed by atoms with E-state index in [2.05, 4.69) is 18.5 Å². The van der Waals surface area contributed by atoms with E-state index in [1.165, 1.54) is 19.3 Å². The minimum Gasteiger partial charge on any atom is -0.393 e. The van der Waals surface area contributed by atoms with Crippen molar-refractivity contribution in [3.63, 3.8) is 0 Å². The first kappa shape index (κ1) is 14.2. The Labute approximate surface area is 115 Å². The molecule has 4 heteroatoms. The summed E-state index contributed by atoms with van der Waals surface area (Å²) in [7, 11) is 0. The molecule has 1 fully saturated rings. The molecule has 108 valence electrons. The van der Waals surface area contributed by atoms with Gasteiger partial charge in [0.1, 0.15) is 5.69 Å². The van der Waals surface area contributed by atoms with Gasteiger partial charge in [0.15, 0.2) is 0 Å². The maximum atomic E-state index is 12.5. The van der Waals surface area contributed by atoms with Gasteiger partial charge in [-0.05, 0) is 25.7 Å². The fourth-order valence-corrected chi connectivity index (χ4v) is 3.27. The summed E-state index contributed by atoms with van der Waals surface area (Å²) in [4.78, 5) is 12.5. The predicted octanol–water partition coefficient (Wildman–Crippen LogP) is 3.10. The Hall–Kier alpha value is -1.19. The lowest BCUT2D eigenvalue weighted by atomic mass is 9.96. The molecule has 1 aromatic rings. The van der Waals surface area contributed by atoms with Crippen LogP contribution in [0.15, 0.2) is 4.79 Å². The molecule has 0 atom stereocenters. The van der Waals surface area contributed by atoms with Crippen LogP contribution >= 0.6 is 0 Å². The van der Waals surface area contributed by atoms with Gasteiger partial charge in [0.05, 0.1) is 11.7 Å². The molecule has 4 nitrogen and oxygen atoms in total. The Morgan fingerprint density at radius 2 is 1.84 bits per heavy atom. The average molecular weight is 265 g/mol. The number of nitrogens with zero attached hydrogens (tertiary/aromatic N) is 2. The summed E-state index contributed by atoms with van der Waals surface area (Å²) in [6.45, 7) is 5.19. The molecule has 0 bridgehead atoms. The maximum Gasteiger partial charge on any atom is 0.290 e. The summed E-state index contributed by atoms with van der Waals surface area (Å²) in [6.07, 6.45) is 8.99. The SMILES string of the molecule is CCCc1c(N)c(=O)n(C2CCCCC2)n1CCC. The molecule has 0 aromatic carbocycles. The van der Waals surface area contributed by atoms with Crippen LogP contribution in [-0.4, -0.2) is 9.36 Å². The van der Waals surface area contributed by atoms with Crippen LogP contribution in [0.5, 0.6) is 0 Å². The number of nitrogen functional groups attached to an aromatic ring is 1. The van der Waals surface area contributed by atoms with Crippen molar-refractivity contribution in [2.24, 2.45) is 0 Å². The van der Waals surface area contributed by atoms with Crippen LogP contribution in [-0.2, 0) is 13.0 Å². The molecule has 0 saturated heterocycles. The van der Waals surface area contributed by atoms with Crippen LogP contribution < -0.4 is 11.3 Å². The molecule has 0 amide bonds. The van der Waals surface area contributed by atoms with Gasteiger partial charge in [-0.3, -0.25) is 9.48 Å². The highest BCUT2D eigenvalue weighted by Crippen LogP contribution is 2.28. The second-order valence-corrected chi connectivity index (χ2v) is 5.68. The summed E-state index contributed by atoms with van der Waals surface area (Å²) in [6, 6.07) is 0.362. The molecule has 1 aliphatic rings. The Kier molecular flexibility index (Phi) is 4.72. The highest BCUT2D eigenvalue weighted by atomic mass is 16.1. The fourth-order valence-electron chi connectivity index (χ4n) is 3.27. The Morgan fingerprint density at radius 3 is 2.42 bits per heavy atom. The number of nitrogens with two attached hydrogens (primary N) is 1. The van der Waals surface area contributed by atoms with Gasteiger partial charge in [0.25, 0.3) is 5.56 Å². The number of anilines is 1. The van der Waals surface area contributed by atoms with E-state index in [0.717, 1.165) is 44.3 Å². The van der Waals surface area contributed by atoms with Gasteiger partial charge in [-0.2, -0.15) is 0 Å². The molecule has 0 aliphatic heterocycles. The topological polar surface area (TPSA) is 53.0 Å². The van der Waals surface area contributed by atoms with Crippen LogP contribution in [0.3, 0.4) is 0 Å². The number of aromatic nitrogens is 2. The molecule has 19 heavy (non-hydrogen) atoms. The van der Waals surface area contributed by atoms with Crippen molar-refractivity contribution in [3.05, 3.63) is 16.0 Å². The van der Waals surface area contributed by atoms with E-state index < -0.39 is 0 Å². The van der Waals surface area contributed by atoms with E-state index in [-0.39, 0.29) is 5.56 Å². The molecular formula is C15H27N3O. The van der Waals surface area contributed by atoms with E-state index in [4.69, 9.17) is 5.73 Å². The summed E-state index contributed by atoms with van der Waals surface area (Å²) in [5.74, 6) is 0. The minimum atomic E-state index is 0.0452. The molecule has 1 aliphatic carbocycles. The predicted molar refractivity (Wildman–Crippen MR) is 79.5 cm³/mol. The van der Waals surface area contributed by atoms with Gasteiger partial charge in [0, 0.05) is 6.54 Å². The van der Waals surface area contributed by atoms with E-state index in [1.54, 1.807) is 0 Å². The molecule has 1 saturated carbocycles. The van der Waals surface area contributed by atoms with E-state index in [9.17, 15) is 4.79 Å². The van der Waals surface area contributed by atoms with Crippen molar-refractivity contribution < 1.29 is 0 Å². The normalized spacial score (nSPS) is 16.9. The fraction of sp³-hybridized carbons (Fsp3) is 0.800. The van der Waals surface area contributed by atoms with Crippen LogP contribution in [0.4, 0.5) is 5.69 Å². The standard InChI is InChI=1S/C15H27N3O/c1-3-8-13-14(16)15(19)18(17(13)11-4-2)12-9-6-5-7-10-12/h12H,3-11,16H2,1-2H3. The first-order valence-corrected chi connectivity index (χ1v) is 7.80. The van der Waals surface area contributed by atoms with Crippen LogP contribution in [0.1, 0.15) is 70.5 Å². The molecule has 2 rings (SSSR count). The first-order chi connectivity index (χ1) is 9.20. The van der Waals surface area contributed by atoms with Gasteiger partial charge in [0.2, 0.25) is 0 Å². The zero-order valence-electron chi connectivity index (χ0n) is 12.3. The van der Waals surface area contributed by atoms with Crippen LogP contribution in [0.2, 0.25) is 0 Å². The van der Waals surface area contributed by atoms with E-state index >= 15 is 0 Å². The Balaban J connectivity index is 2.44. The average Bonchev–Trinajstić information content (AvgIpc) is 2.66. The zero-order valence-corrected chi connectivity index (χ0v) is 12.3. The van der Waals surface area contributed by atoms with Crippen molar-refractivity contribution in [2.75, 3.05) is 5.73 Å². The Morgan fingerprint density at radius 1 is 1.16 bits per heavy atom. The van der Waals surface area contributed by atoms with Crippen LogP contribution in [0.25, 0.3) is 0 Å².